The maximum Gasteiger partial charge on any atom is 0.133 e. The molecule has 1 N–H and O–H groups in total. The van der Waals surface area contributed by atoms with Gasteiger partial charge in [-0.1, -0.05) is 25.4 Å². The molecule has 4 heteroatoms. The maximum absolute atomic E-state index is 13.9. The van der Waals surface area contributed by atoms with Crippen LogP contribution in [0.4, 0.5) is 4.39 Å². The first-order valence-corrected chi connectivity index (χ1v) is 8.13. The van der Waals surface area contributed by atoms with E-state index >= 15 is 0 Å². The third-order valence-corrected chi connectivity index (χ3v) is 4.68. The number of hydrogen-bond acceptors (Lipinski definition) is 2. The summed E-state index contributed by atoms with van der Waals surface area (Å²) in [6, 6.07) is 9.26. The van der Waals surface area contributed by atoms with Crippen LogP contribution in [0.1, 0.15) is 37.6 Å². The normalized spacial score (nSPS) is 12.6. The average molecular weight is 312 g/mol. The van der Waals surface area contributed by atoms with Gasteiger partial charge < -0.3 is 5.32 Å². The number of thiophene rings is 1. The predicted octanol–water partition coefficient (Wildman–Crippen LogP) is 5.66. The van der Waals surface area contributed by atoms with Gasteiger partial charge in [0.15, 0.2) is 0 Å². The lowest BCUT2D eigenvalue weighted by Gasteiger charge is -2.14. The second-order valence-corrected chi connectivity index (χ2v) is 6.29. The molecule has 1 unspecified atom stereocenters. The molecule has 0 bridgehead atoms. The molecule has 1 aromatic carbocycles. The fourth-order valence-corrected chi connectivity index (χ4v) is 3.49. The van der Waals surface area contributed by atoms with Crippen molar-refractivity contribution in [3.05, 3.63) is 46.0 Å². The van der Waals surface area contributed by atoms with Gasteiger partial charge in [0.25, 0.3) is 0 Å². The second-order valence-electron chi connectivity index (χ2n) is 4.74. The molecule has 0 fully saturated rings. The van der Waals surface area contributed by atoms with Crippen LogP contribution in [0.25, 0.3) is 10.4 Å². The van der Waals surface area contributed by atoms with Gasteiger partial charge in [0.05, 0.1) is 0 Å². The first-order valence-electron chi connectivity index (χ1n) is 6.94. The number of nitrogens with one attached hydrogen (secondary N) is 1. The van der Waals surface area contributed by atoms with E-state index in [1.165, 1.54) is 10.9 Å². The van der Waals surface area contributed by atoms with E-state index in [0.29, 0.717) is 16.6 Å². The number of rotatable bonds is 6. The molecule has 20 heavy (non-hydrogen) atoms. The van der Waals surface area contributed by atoms with Crippen LogP contribution in [0.3, 0.4) is 0 Å². The van der Waals surface area contributed by atoms with Crippen molar-refractivity contribution >= 4 is 22.9 Å². The van der Waals surface area contributed by atoms with Crippen molar-refractivity contribution < 1.29 is 4.39 Å². The van der Waals surface area contributed by atoms with Crippen LogP contribution in [-0.4, -0.2) is 6.54 Å². The lowest BCUT2D eigenvalue weighted by Crippen LogP contribution is -2.20. The van der Waals surface area contributed by atoms with Gasteiger partial charge in [-0.2, -0.15) is 0 Å². The molecule has 2 rings (SSSR count). The Morgan fingerprint density at radius 2 is 2.05 bits per heavy atom. The van der Waals surface area contributed by atoms with E-state index in [1.54, 1.807) is 23.5 Å². The average Bonchev–Trinajstić information content (AvgIpc) is 2.89. The Hall–Kier alpha value is -0.900. The molecule has 0 aliphatic carbocycles. The molecule has 0 radical (unpaired) electrons. The SMILES string of the molecule is CCCNC(CC)c1ccc(-c2ccc(Cl)cc2F)s1. The molecule has 0 amide bonds. The highest BCUT2D eigenvalue weighted by Crippen LogP contribution is 2.34. The molecule has 0 aliphatic heterocycles. The maximum atomic E-state index is 13.9. The summed E-state index contributed by atoms with van der Waals surface area (Å²) < 4.78 is 13.9. The molecule has 0 saturated carbocycles. The Balaban J connectivity index is 2.23. The minimum atomic E-state index is -0.263. The first-order chi connectivity index (χ1) is 9.65. The predicted molar refractivity (Wildman–Crippen MR) is 86.0 cm³/mol. The highest BCUT2D eigenvalue weighted by molar-refractivity contribution is 7.15. The molecule has 2 aromatic rings. The minimum absolute atomic E-state index is 0.263. The van der Waals surface area contributed by atoms with Crippen LogP contribution in [-0.2, 0) is 0 Å². The summed E-state index contributed by atoms with van der Waals surface area (Å²) in [6.07, 6.45) is 2.14. The van der Waals surface area contributed by atoms with E-state index in [0.717, 1.165) is 24.3 Å². The van der Waals surface area contributed by atoms with Gasteiger partial charge in [0, 0.05) is 26.4 Å². The van der Waals surface area contributed by atoms with Gasteiger partial charge in [-0.15, -0.1) is 11.3 Å². The lowest BCUT2D eigenvalue weighted by molar-refractivity contribution is 0.525. The number of halogens is 2. The standard InChI is InChI=1S/C16H19ClFNS/c1-3-9-19-14(4-2)16-8-7-15(20-16)12-6-5-11(17)10-13(12)18/h5-8,10,14,19H,3-4,9H2,1-2H3. The molecule has 1 nitrogen and oxygen atoms in total. The quantitative estimate of drug-likeness (QED) is 0.726. The van der Waals surface area contributed by atoms with Gasteiger partial charge >= 0.3 is 0 Å². The van der Waals surface area contributed by atoms with Crippen molar-refractivity contribution in [3.63, 3.8) is 0 Å². The van der Waals surface area contributed by atoms with E-state index in [1.807, 2.05) is 6.07 Å². The van der Waals surface area contributed by atoms with E-state index in [-0.39, 0.29) is 5.82 Å². The van der Waals surface area contributed by atoms with E-state index < -0.39 is 0 Å². The minimum Gasteiger partial charge on any atom is -0.309 e. The zero-order valence-corrected chi connectivity index (χ0v) is 13.3. The largest absolute Gasteiger partial charge is 0.309 e. The van der Waals surface area contributed by atoms with Gasteiger partial charge in [0.1, 0.15) is 5.82 Å². The van der Waals surface area contributed by atoms with Crippen molar-refractivity contribution in [2.45, 2.75) is 32.7 Å². The van der Waals surface area contributed by atoms with Crippen LogP contribution < -0.4 is 5.32 Å². The second kappa shape index (κ2) is 7.21. The molecule has 0 spiro atoms. The van der Waals surface area contributed by atoms with E-state index in [2.05, 4.69) is 25.2 Å². The van der Waals surface area contributed by atoms with Gasteiger partial charge in [0.2, 0.25) is 0 Å². The Bertz CT molecular complexity index is 567. The van der Waals surface area contributed by atoms with Crippen LogP contribution >= 0.6 is 22.9 Å². The van der Waals surface area contributed by atoms with Crippen molar-refractivity contribution in [2.24, 2.45) is 0 Å². The van der Waals surface area contributed by atoms with Gasteiger partial charge in [-0.25, -0.2) is 4.39 Å². The number of benzene rings is 1. The fraction of sp³-hybridized carbons (Fsp3) is 0.375. The van der Waals surface area contributed by atoms with E-state index in [9.17, 15) is 4.39 Å². The van der Waals surface area contributed by atoms with Crippen LogP contribution in [0, 0.1) is 5.82 Å². The molecule has 1 heterocycles. The topological polar surface area (TPSA) is 12.0 Å². The smallest absolute Gasteiger partial charge is 0.133 e. The van der Waals surface area contributed by atoms with E-state index in [4.69, 9.17) is 11.6 Å². The summed E-state index contributed by atoms with van der Waals surface area (Å²) in [5, 5.41) is 3.95. The highest BCUT2D eigenvalue weighted by atomic mass is 35.5. The zero-order valence-electron chi connectivity index (χ0n) is 11.7. The zero-order chi connectivity index (χ0) is 14.5. The third kappa shape index (κ3) is 3.60. The summed E-state index contributed by atoms with van der Waals surface area (Å²) in [4.78, 5) is 2.20. The van der Waals surface area contributed by atoms with Crippen molar-refractivity contribution in [3.8, 4) is 10.4 Å². The molecular weight excluding hydrogens is 293 g/mol. The summed E-state index contributed by atoms with van der Waals surface area (Å²) in [5.41, 5.74) is 0.621. The molecule has 0 saturated heterocycles. The first kappa shape index (κ1) is 15.5. The summed E-state index contributed by atoms with van der Waals surface area (Å²) in [7, 11) is 0. The number of hydrogen-bond donors (Lipinski definition) is 1. The molecule has 1 atom stereocenters. The van der Waals surface area contributed by atoms with Crippen molar-refractivity contribution in [1.29, 1.82) is 0 Å². The molecular formula is C16H19ClFNS. The summed E-state index contributed by atoms with van der Waals surface area (Å²) >= 11 is 7.44. The Morgan fingerprint density at radius 3 is 2.70 bits per heavy atom. The molecule has 0 aliphatic rings. The van der Waals surface area contributed by atoms with Crippen molar-refractivity contribution in [1.82, 2.24) is 5.32 Å². The third-order valence-electron chi connectivity index (χ3n) is 3.22. The Morgan fingerprint density at radius 1 is 1.25 bits per heavy atom. The fourth-order valence-electron chi connectivity index (χ4n) is 2.14. The molecule has 1 aromatic heterocycles. The monoisotopic (exact) mass is 311 g/mol. The van der Waals surface area contributed by atoms with Crippen LogP contribution in [0.5, 0.6) is 0 Å². The highest BCUT2D eigenvalue weighted by Gasteiger charge is 2.13. The summed E-state index contributed by atoms with van der Waals surface area (Å²) in [6.45, 7) is 5.32. The Labute approximate surface area is 128 Å². The van der Waals surface area contributed by atoms with Gasteiger partial charge in [-0.3, -0.25) is 0 Å². The van der Waals surface area contributed by atoms with Gasteiger partial charge in [-0.05, 0) is 49.7 Å². The van der Waals surface area contributed by atoms with Crippen molar-refractivity contribution in [2.75, 3.05) is 6.54 Å². The summed E-state index contributed by atoms with van der Waals surface area (Å²) in [5.74, 6) is -0.263. The Kier molecular flexibility index (Phi) is 5.58. The van der Waals surface area contributed by atoms with Crippen LogP contribution in [0.2, 0.25) is 5.02 Å². The van der Waals surface area contributed by atoms with Crippen LogP contribution in [0.15, 0.2) is 30.3 Å². The lowest BCUT2D eigenvalue weighted by atomic mass is 10.1. The molecule has 108 valence electrons.